The smallest absolute Gasteiger partial charge is 0.297 e. The third-order valence-corrected chi connectivity index (χ3v) is 6.68. The van der Waals surface area contributed by atoms with E-state index in [1.165, 1.54) is 24.3 Å². The van der Waals surface area contributed by atoms with Crippen LogP contribution in [0.1, 0.15) is 11.1 Å². The molecule has 10 nitrogen and oxygen atoms in total. The van der Waals surface area contributed by atoms with Crippen LogP contribution in [0.2, 0.25) is 0 Å². The average molecular weight is 521 g/mol. The first-order chi connectivity index (χ1) is 16.1. The lowest BCUT2D eigenvalue weighted by atomic mass is 10.2. The molecule has 0 unspecified atom stereocenters. The van der Waals surface area contributed by atoms with Crippen LogP contribution in [-0.4, -0.2) is 79.9 Å². The molecular formula is C22H32O10S2. The Morgan fingerprint density at radius 1 is 0.559 bits per heavy atom. The van der Waals surface area contributed by atoms with Gasteiger partial charge >= 0.3 is 0 Å². The van der Waals surface area contributed by atoms with Crippen LogP contribution in [0.4, 0.5) is 0 Å². The summed E-state index contributed by atoms with van der Waals surface area (Å²) in [5.74, 6) is 0. The van der Waals surface area contributed by atoms with Crippen LogP contribution in [0.5, 0.6) is 0 Å². The lowest BCUT2D eigenvalue weighted by molar-refractivity contribution is 0.0650. The molecule has 0 heterocycles. The van der Waals surface area contributed by atoms with Crippen molar-refractivity contribution in [2.75, 3.05) is 52.9 Å². The van der Waals surface area contributed by atoms with E-state index in [0.29, 0.717) is 13.2 Å². The van der Waals surface area contributed by atoms with Crippen molar-refractivity contribution in [3.05, 3.63) is 59.7 Å². The molecule has 0 saturated carbocycles. The highest BCUT2D eigenvalue weighted by Gasteiger charge is 2.16. The number of benzene rings is 2. The first-order valence-electron chi connectivity index (χ1n) is 10.4. The molecule has 0 bridgehead atoms. The fourth-order valence-corrected chi connectivity index (χ4v) is 4.07. The molecule has 2 N–H and O–H groups in total. The van der Waals surface area contributed by atoms with Gasteiger partial charge < -0.3 is 19.7 Å². The van der Waals surface area contributed by atoms with E-state index in [-0.39, 0.29) is 49.4 Å². The van der Waals surface area contributed by atoms with Gasteiger partial charge in [-0.1, -0.05) is 35.4 Å². The summed E-state index contributed by atoms with van der Waals surface area (Å²) in [5.41, 5.74) is 1.88. The molecular weight excluding hydrogens is 488 g/mol. The highest BCUT2D eigenvalue weighted by molar-refractivity contribution is 7.87. The monoisotopic (exact) mass is 520 g/mol. The lowest BCUT2D eigenvalue weighted by Gasteiger charge is -2.08. The van der Waals surface area contributed by atoms with Crippen LogP contribution < -0.4 is 0 Å². The zero-order valence-corrected chi connectivity index (χ0v) is 20.9. The Morgan fingerprint density at radius 2 is 0.882 bits per heavy atom. The molecule has 12 heteroatoms. The first kappa shape index (κ1) is 30.1. The van der Waals surface area contributed by atoms with Gasteiger partial charge in [-0.25, -0.2) is 0 Å². The van der Waals surface area contributed by atoms with E-state index in [0.717, 1.165) is 11.1 Å². The molecule has 0 aliphatic heterocycles. The van der Waals surface area contributed by atoms with Gasteiger partial charge in [0.25, 0.3) is 20.2 Å². The maximum Gasteiger partial charge on any atom is 0.297 e. The third kappa shape index (κ3) is 12.0. The summed E-state index contributed by atoms with van der Waals surface area (Å²) in [6, 6.07) is 12.6. The van der Waals surface area contributed by atoms with Gasteiger partial charge in [0.05, 0.1) is 62.6 Å². The fourth-order valence-electron chi connectivity index (χ4n) is 2.28. The second-order valence-electron chi connectivity index (χ2n) is 6.85. The number of hydrogen-bond acceptors (Lipinski definition) is 10. The quantitative estimate of drug-likeness (QED) is 0.277. The molecule has 0 amide bonds. The topological polar surface area (TPSA) is 146 Å². The summed E-state index contributed by atoms with van der Waals surface area (Å²) in [6.07, 6.45) is 0. The zero-order chi connectivity index (χ0) is 25.5. The average Bonchev–Trinajstić information content (AvgIpc) is 2.80. The highest BCUT2D eigenvalue weighted by atomic mass is 32.2. The van der Waals surface area contributed by atoms with E-state index in [1.807, 2.05) is 13.8 Å². The van der Waals surface area contributed by atoms with Crippen molar-refractivity contribution in [3.8, 4) is 0 Å². The van der Waals surface area contributed by atoms with Crippen molar-refractivity contribution in [1.29, 1.82) is 0 Å². The Kier molecular flexibility index (Phi) is 14.1. The van der Waals surface area contributed by atoms with Crippen molar-refractivity contribution in [3.63, 3.8) is 0 Å². The Balaban J connectivity index is 0.000000718. The van der Waals surface area contributed by atoms with Crippen LogP contribution in [0.15, 0.2) is 58.3 Å². The van der Waals surface area contributed by atoms with Gasteiger partial charge in [0.1, 0.15) is 0 Å². The molecule has 192 valence electrons. The van der Waals surface area contributed by atoms with Crippen LogP contribution >= 0.6 is 0 Å². The molecule has 2 aromatic carbocycles. The number of aliphatic hydroxyl groups is 2. The van der Waals surface area contributed by atoms with Gasteiger partial charge in [-0.05, 0) is 38.1 Å². The molecule has 0 aliphatic rings. The SMILES string of the molecule is Cc1ccc(S(=O)(=O)OCCOCCOS(=O)(=O)c2ccc(C)cc2)cc1.OCCOCCO. The molecule has 0 radical (unpaired) electrons. The summed E-state index contributed by atoms with van der Waals surface area (Å²) >= 11 is 0. The molecule has 0 atom stereocenters. The summed E-state index contributed by atoms with van der Waals surface area (Å²) in [5, 5.41) is 16.2. The van der Waals surface area contributed by atoms with Gasteiger partial charge in [-0.2, -0.15) is 16.8 Å². The Morgan fingerprint density at radius 3 is 1.21 bits per heavy atom. The maximum absolute atomic E-state index is 12.0. The van der Waals surface area contributed by atoms with E-state index in [4.69, 9.17) is 23.3 Å². The number of hydrogen-bond donors (Lipinski definition) is 2. The van der Waals surface area contributed by atoms with Crippen molar-refractivity contribution in [2.24, 2.45) is 0 Å². The van der Waals surface area contributed by atoms with Gasteiger partial charge in [0.15, 0.2) is 0 Å². The van der Waals surface area contributed by atoms with Crippen molar-refractivity contribution in [2.45, 2.75) is 23.6 Å². The summed E-state index contributed by atoms with van der Waals surface area (Å²) in [6.45, 7) is 4.01. The van der Waals surface area contributed by atoms with E-state index < -0.39 is 20.2 Å². The molecule has 0 saturated heterocycles. The minimum atomic E-state index is -3.84. The minimum absolute atomic E-state index is 0.0149. The Bertz CT molecular complexity index is 935. The molecule has 2 rings (SSSR count). The summed E-state index contributed by atoms with van der Waals surface area (Å²) in [7, 11) is -7.68. The largest absolute Gasteiger partial charge is 0.394 e. The van der Waals surface area contributed by atoms with E-state index >= 15 is 0 Å². The molecule has 0 spiro atoms. The maximum atomic E-state index is 12.0. The minimum Gasteiger partial charge on any atom is -0.394 e. The normalized spacial score (nSPS) is 11.6. The number of ether oxygens (including phenoxy) is 2. The summed E-state index contributed by atoms with van der Waals surface area (Å²) < 4.78 is 67.4. The number of rotatable bonds is 14. The Labute approximate surface area is 201 Å². The number of aryl methyl sites for hydroxylation is 2. The van der Waals surface area contributed by atoms with Crippen LogP contribution in [0.25, 0.3) is 0 Å². The predicted octanol–water partition coefficient (Wildman–Crippen LogP) is 1.42. The van der Waals surface area contributed by atoms with E-state index in [2.05, 4.69) is 4.74 Å². The van der Waals surface area contributed by atoms with Gasteiger partial charge in [0.2, 0.25) is 0 Å². The third-order valence-electron chi connectivity index (χ3n) is 4.02. The molecule has 0 aromatic heterocycles. The van der Waals surface area contributed by atoms with Crippen molar-refractivity contribution >= 4 is 20.2 Å². The Hall–Kier alpha value is -1.90. The zero-order valence-electron chi connectivity index (χ0n) is 19.3. The van der Waals surface area contributed by atoms with Crippen molar-refractivity contribution < 1.29 is 44.9 Å². The molecule has 0 fully saturated rings. The van der Waals surface area contributed by atoms with E-state index in [9.17, 15) is 16.8 Å². The lowest BCUT2D eigenvalue weighted by Crippen LogP contribution is -2.15. The molecule has 2 aromatic rings. The van der Waals surface area contributed by atoms with Crippen molar-refractivity contribution in [1.82, 2.24) is 0 Å². The standard InChI is InChI=1S/C18H22O7S2.C4H10O3/c1-15-3-7-17(8-4-15)26(19,20)24-13-11-23-12-14-25-27(21,22)18-9-5-16(2)6-10-18;5-1-3-7-4-2-6/h3-10H,11-14H2,1-2H3;5-6H,1-4H2. The number of aliphatic hydroxyl groups excluding tert-OH is 2. The second-order valence-corrected chi connectivity index (χ2v) is 10.1. The fraction of sp³-hybridized carbons (Fsp3) is 0.455. The summed E-state index contributed by atoms with van der Waals surface area (Å²) in [4.78, 5) is 0.140. The molecule has 0 aliphatic carbocycles. The molecule has 34 heavy (non-hydrogen) atoms. The van der Waals surface area contributed by atoms with Crippen LogP contribution in [0.3, 0.4) is 0 Å². The van der Waals surface area contributed by atoms with E-state index in [1.54, 1.807) is 24.3 Å². The highest BCUT2D eigenvalue weighted by Crippen LogP contribution is 2.14. The van der Waals surface area contributed by atoms with Crippen LogP contribution in [-0.2, 0) is 38.1 Å². The van der Waals surface area contributed by atoms with Gasteiger partial charge in [0, 0.05) is 0 Å². The predicted molar refractivity (Wildman–Crippen MR) is 124 cm³/mol. The van der Waals surface area contributed by atoms with Gasteiger partial charge in [-0.3, -0.25) is 8.37 Å². The van der Waals surface area contributed by atoms with Gasteiger partial charge in [-0.15, -0.1) is 0 Å². The van der Waals surface area contributed by atoms with Crippen LogP contribution in [0, 0.1) is 13.8 Å². The first-order valence-corrected chi connectivity index (χ1v) is 13.2. The second kappa shape index (κ2) is 15.9.